The van der Waals surface area contributed by atoms with Crippen molar-refractivity contribution in [3.8, 4) is 0 Å². The summed E-state index contributed by atoms with van der Waals surface area (Å²) >= 11 is 0. The lowest BCUT2D eigenvalue weighted by Crippen LogP contribution is -2.21. The summed E-state index contributed by atoms with van der Waals surface area (Å²) in [7, 11) is 0. The number of hydrogen-bond acceptors (Lipinski definition) is 7. The molecule has 0 saturated carbocycles. The maximum absolute atomic E-state index is 13.4. The zero-order valence-corrected chi connectivity index (χ0v) is 19.9. The van der Waals surface area contributed by atoms with E-state index in [-0.39, 0.29) is 28.7 Å². The van der Waals surface area contributed by atoms with Gasteiger partial charge in [-0.3, -0.25) is 19.3 Å². The predicted octanol–water partition coefficient (Wildman–Crippen LogP) is 3.56. The quantitative estimate of drug-likeness (QED) is 0.400. The third-order valence-electron chi connectivity index (χ3n) is 5.38. The summed E-state index contributed by atoms with van der Waals surface area (Å²) < 4.78 is 41.4. The minimum absolute atomic E-state index is 0.0752. The number of carbonyl (C=O) groups is 2. The minimum Gasteiger partial charge on any atom is -0.368 e. The number of pyridine rings is 1. The summed E-state index contributed by atoms with van der Waals surface area (Å²) in [5.41, 5.74) is 5.67. The van der Waals surface area contributed by atoms with Crippen molar-refractivity contribution >= 4 is 34.4 Å². The van der Waals surface area contributed by atoms with Crippen LogP contribution in [0.25, 0.3) is 11.0 Å². The fourth-order valence-corrected chi connectivity index (χ4v) is 3.64. The Bertz CT molecular complexity index is 1480. The molecule has 188 valence electrons. The summed E-state index contributed by atoms with van der Waals surface area (Å²) in [6, 6.07) is 2.29. The number of aromatic nitrogens is 6. The van der Waals surface area contributed by atoms with Gasteiger partial charge in [-0.25, -0.2) is 4.98 Å². The van der Waals surface area contributed by atoms with Crippen LogP contribution < -0.4 is 11.1 Å². The number of aryl methyl sites for hydroxylation is 1. The summed E-state index contributed by atoms with van der Waals surface area (Å²) in [6.45, 7) is 6.83. The molecule has 0 saturated heterocycles. The Morgan fingerprint density at radius 3 is 2.47 bits per heavy atom. The number of rotatable bonds is 5. The topological polar surface area (TPSA) is 134 Å². The molecular formula is C23H23F3N8O2. The lowest BCUT2D eigenvalue weighted by molar-refractivity contribution is -0.141. The summed E-state index contributed by atoms with van der Waals surface area (Å²) in [6.07, 6.45) is 1.22. The van der Waals surface area contributed by atoms with Crippen molar-refractivity contribution in [2.24, 2.45) is 0 Å². The number of halogens is 3. The molecular weight excluding hydrogens is 477 g/mol. The lowest BCUT2D eigenvalue weighted by Gasteiger charge is -2.21. The summed E-state index contributed by atoms with van der Waals surface area (Å²) in [5.74, 6) is -0.932. The van der Waals surface area contributed by atoms with Crippen LogP contribution in [0.1, 0.15) is 48.1 Å². The van der Waals surface area contributed by atoms with E-state index in [1.165, 1.54) is 31.6 Å². The van der Waals surface area contributed by atoms with Crippen LogP contribution in [0.2, 0.25) is 0 Å². The molecule has 4 aromatic rings. The normalized spacial score (nSPS) is 12.2. The van der Waals surface area contributed by atoms with Crippen LogP contribution in [0, 0.1) is 6.92 Å². The number of carbonyl (C=O) groups excluding carboxylic acids is 2. The van der Waals surface area contributed by atoms with Gasteiger partial charge in [0.2, 0.25) is 11.9 Å². The van der Waals surface area contributed by atoms with Gasteiger partial charge in [-0.15, -0.1) is 0 Å². The monoisotopic (exact) mass is 500 g/mol. The molecule has 0 fully saturated rings. The molecule has 4 rings (SSSR count). The molecule has 0 aromatic carbocycles. The second-order valence-corrected chi connectivity index (χ2v) is 9.22. The fourth-order valence-electron chi connectivity index (χ4n) is 3.64. The Labute approximate surface area is 203 Å². The second-order valence-electron chi connectivity index (χ2n) is 9.22. The highest BCUT2D eigenvalue weighted by Gasteiger charge is 2.34. The highest BCUT2D eigenvalue weighted by molar-refractivity contribution is 6.16. The van der Waals surface area contributed by atoms with Gasteiger partial charge in [-0.1, -0.05) is 0 Å². The Balaban J connectivity index is 1.59. The van der Waals surface area contributed by atoms with Gasteiger partial charge in [-0.2, -0.15) is 23.3 Å². The largest absolute Gasteiger partial charge is 0.435 e. The van der Waals surface area contributed by atoms with Gasteiger partial charge in [-0.05, 0) is 39.8 Å². The average Bonchev–Trinajstić information content (AvgIpc) is 3.33. The van der Waals surface area contributed by atoms with E-state index < -0.39 is 29.9 Å². The lowest BCUT2D eigenvalue weighted by atomic mass is 10.1. The molecule has 0 radical (unpaired) electrons. The summed E-state index contributed by atoms with van der Waals surface area (Å²) in [5, 5.41) is 6.50. The van der Waals surface area contributed by atoms with Crippen LogP contribution >= 0.6 is 0 Å². The number of ketones is 1. The van der Waals surface area contributed by atoms with Crippen LogP contribution in [0.3, 0.4) is 0 Å². The summed E-state index contributed by atoms with van der Waals surface area (Å²) in [4.78, 5) is 38.2. The molecule has 10 nitrogen and oxygen atoms in total. The van der Waals surface area contributed by atoms with E-state index >= 15 is 0 Å². The molecule has 4 aromatic heterocycles. The van der Waals surface area contributed by atoms with E-state index in [2.05, 4.69) is 25.4 Å². The zero-order valence-electron chi connectivity index (χ0n) is 19.9. The number of nitrogens with two attached hydrogens (primary N) is 1. The van der Waals surface area contributed by atoms with Crippen LogP contribution in [0.4, 0.5) is 24.8 Å². The second kappa shape index (κ2) is 8.73. The number of fused-ring (bicyclic) bond motifs is 1. The molecule has 0 bridgehead atoms. The van der Waals surface area contributed by atoms with Gasteiger partial charge >= 0.3 is 6.18 Å². The van der Waals surface area contributed by atoms with E-state index in [0.717, 1.165) is 10.7 Å². The van der Waals surface area contributed by atoms with Crippen molar-refractivity contribution in [1.82, 2.24) is 29.3 Å². The van der Waals surface area contributed by atoms with Crippen molar-refractivity contribution in [2.75, 3.05) is 11.1 Å². The Morgan fingerprint density at radius 1 is 1.11 bits per heavy atom. The Kier molecular flexibility index (Phi) is 6.02. The SMILES string of the molecule is Cc1cc(C(F)(F)F)nn1CC(=O)Nc1cncc(C(=O)c2cn(C(C)(C)C)c3nc(N)ncc23)c1. The van der Waals surface area contributed by atoms with E-state index in [4.69, 9.17) is 5.73 Å². The molecule has 36 heavy (non-hydrogen) atoms. The first-order chi connectivity index (χ1) is 16.7. The zero-order chi connectivity index (χ0) is 26.4. The average molecular weight is 500 g/mol. The minimum atomic E-state index is -4.61. The van der Waals surface area contributed by atoms with E-state index in [1.54, 1.807) is 6.20 Å². The number of alkyl halides is 3. The third kappa shape index (κ3) is 4.90. The first-order valence-electron chi connectivity index (χ1n) is 10.8. The van der Waals surface area contributed by atoms with Gasteiger partial charge in [0.1, 0.15) is 12.2 Å². The molecule has 0 atom stereocenters. The number of anilines is 2. The van der Waals surface area contributed by atoms with Crippen molar-refractivity contribution in [2.45, 2.75) is 46.0 Å². The highest BCUT2D eigenvalue weighted by Crippen LogP contribution is 2.29. The van der Waals surface area contributed by atoms with Gasteiger partial charge in [0.25, 0.3) is 0 Å². The number of nitrogen functional groups attached to an aromatic ring is 1. The van der Waals surface area contributed by atoms with E-state index in [9.17, 15) is 22.8 Å². The molecule has 0 aliphatic heterocycles. The van der Waals surface area contributed by atoms with Crippen molar-refractivity contribution in [1.29, 1.82) is 0 Å². The van der Waals surface area contributed by atoms with Gasteiger partial charge < -0.3 is 15.6 Å². The van der Waals surface area contributed by atoms with Gasteiger partial charge in [0, 0.05) is 40.8 Å². The molecule has 4 heterocycles. The van der Waals surface area contributed by atoms with Crippen LogP contribution in [0.5, 0.6) is 0 Å². The Hall–Kier alpha value is -4.29. The van der Waals surface area contributed by atoms with Crippen LogP contribution in [0.15, 0.2) is 36.9 Å². The molecule has 0 aliphatic carbocycles. The number of nitrogens with one attached hydrogen (secondary N) is 1. The van der Waals surface area contributed by atoms with Gasteiger partial charge in [0.15, 0.2) is 11.5 Å². The molecule has 0 aliphatic rings. The maximum Gasteiger partial charge on any atom is 0.435 e. The van der Waals surface area contributed by atoms with Gasteiger partial charge in [0.05, 0.1) is 17.4 Å². The van der Waals surface area contributed by atoms with E-state index in [1.807, 2.05) is 25.3 Å². The molecule has 3 N–H and O–H groups in total. The van der Waals surface area contributed by atoms with Crippen LogP contribution in [-0.2, 0) is 23.1 Å². The molecule has 0 unspecified atom stereocenters. The third-order valence-corrected chi connectivity index (χ3v) is 5.38. The molecule has 13 heteroatoms. The van der Waals surface area contributed by atoms with E-state index in [0.29, 0.717) is 16.6 Å². The standard InChI is InChI=1S/C23H23F3N8O2/c1-12-5-17(23(24,25)26)32-34(12)11-18(35)30-14-6-13(7-28-8-14)19(36)16-10-33(22(2,3)4)20-15(16)9-29-21(27)31-20/h5-10H,11H2,1-4H3,(H,30,35)(H2,27,29,31). The predicted molar refractivity (Wildman–Crippen MR) is 125 cm³/mol. The molecule has 1 amide bonds. The maximum atomic E-state index is 13.4. The van der Waals surface area contributed by atoms with Crippen LogP contribution in [-0.4, -0.2) is 41.0 Å². The first kappa shape index (κ1) is 24.8. The van der Waals surface area contributed by atoms with Crippen molar-refractivity contribution in [3.05, 3.63) is 59.4 Å². The number of amides is 1. The number of nitrogens with zero attached hydrogens (tertiary/aromatic N) is 6. The molecule has 0 spiro atoms. The number of hydrogen-bond donors (Lipinski definition) is 2. The van der Waals surface area contributed by atoms with Crippen molar-refractivity contribution in [3.63, 3.8) is 0 Å². The fraction of sp³-hybridized carbons (Fsp3) is 0.304. The van der Waals surface area contributed by atoms with Crippen molar-refractivity contribution < 1.29 is 22.8 Å². The first-order valence-corrected chi connectivity index (χ1v) is 10.8. The highest BCUT2D eigenvalue weighted by atomic mass is 19.4. The Morgan fingerprint density at radius 2 is 1.83 bits per heavy atom. The smallest absolute Gasteiger partial charge is 0.368 e.